The second kappa shape index (κ2) is 11.1. The van der Waals surface area contributed by atoms with Gasteiger partial charge in [0.05, 0.1) is 7.11 Å². The van der Waals surface area contributed by atoms with Crippen LogP contribution in [-0.2, 0) is 4.79 Å². The molecule has 2 heterocycles. The molecule has 6 nitrogen and oxygen atoms in total. The Bertz CT molecular complexity index is 1260. The van der Waals surface area contributed by atoms with Gasteiger partial charge in [0.25, 0.3) is 0 Å². The van der Waals surface area contributed by atoms with Crippen molar-refractivity contribution in [3.8, 4) is 16.9 Å². The first-order valence-electron chi connectivity index (χ1n) is 11.9. The first-order chi connectivity index (χ1) is 16.9. The van der Waals surface area contributed by atoms with Gasteiger partial charge < -0.3 is 0 Å². The number of nitrogens with zero attached hydrogens (tertiary/aromatic N) is 1. The number of likely N-dealkylation sites (N-methyl/N-ethyl adjacent to an activating group) is 1. The van der Waals surface area contributed by atoms with Gasteiger partial charge in [-0.05, 0) is 0 Å². The standard InChI is InChI=1S/C28H31N3O3Se/c1-5-31(6-2)14-13-29-27(32)24-16-22(35-18(24)3)17-25-23-12-9-20(15-26(23)30-28(25)33)19-7-10-21(34-4)11-8-19/h7-12,15-17H,5-6,13-14H2,1-4H3,(H,29,32)(H,30,33). The molecule has 0 atom stereocenters. The molecular weight excluding hydrogens is 505 g/mol. The summed E-state index contributed by atoms with van der Waals surface area (Å²) < 4.78 is 7.35. The average Bonchev–Trinajstić information content (AvgIpc) is 3.40. The van der Waals surface area contributed by atoms with Crippen molar-refractivity contribution < 1.29 is 14.3 Å². The van der Waals surface area contributed by atoms with Gasteiger partial charge in [-0.3, -0.25) is 0 Å². The van der Waals surface area contributed by atoms with Gasteiger partial charge in [-0.2, -0.15) is 0 Å². The number of fused-ring (bicyclic) bond motifs is 1. The molecular formula is C28H31N3O3Se. The molecule has 0 saturated carbocycles. The van der Waals surface area contributed by atoms with Gasteiger partial charge in [0.1, 0.15) is 0 Å². The molecule has 0 fully saturated rings. The fourth-order valence-electron chi connectivity index (χ4n) is 4.21. The molecule has 4 rings (SSSR count). The second-order valence-electron chi connectivity index (χ2n) is 8.40. The number of aryl methyl sites for hydroxylation is 1. The van der Waals surface area contributed by atoms with Gasteiger partial charge in [-0.25, -0.2) is 0 Å². The van der Waals surface area contributed by atoms with Gasteiger partial charge in [0, 0.05) is 0 Å². The molecule has 182 valence electrons. The number of carbonyl (C=O) groups excluding carboxylic acids is 2. The van der Waals surface area contributed by atoms with E-state index in [2.05, 4.69) is 29.4 Å². The van der Waals surface area contributed by atoms with E-state index in [0.717, 1.165) is 62.2 Å². The molecule has 0 saturated heterocycles. The number of benzene rings is 2. The van der Waals surface area contributed by atoms with Crippen molar-refractivity contribution in [2.24, 2.45) is 0 Å². The van der Waals surface area contributed by atoms with Crippen molar-refractivity contribution in [1.29, 1.82) is 0 Å². The van der Waals surface area contributed by atoms with Crippen LogP contribution in [0.5, 0.6) is 5.75 Å². The fourth-order valence-corrected chi connectivity index (χ4v) is 6.24. The van der Waals surface area contributed by atoms with E-state index in [4.69, 9.17) is 4.74 Å². The van der Waals surface area contributed by atoms with E-state index in [-0.39, 0.29) is 26.3 Å². The van der Waals surface area contributed by atoms with Crippen molar-refractivity contribution in [3.63, 3.8) is 0 Å². The van der Waals surface area contributed by atoms with Crippen LogP contribution in [0.4, 0.5) is 5.69 Å². The van der Waals surface area contributed by atoms with E-state index in [1.807, 2.05) is 61.5 Å². The second-order valence-corrected chi connectivity index (χ2v) is 11.1. The summed E-state index contributed by atoms with van der Waals surface area (Å²) in [5.41, 5.74) is 5.14. The zero-order valence-corrected chi connectivity index (χ0v) is 22.3. The van der Waals surface area contributed by atoms with Crippen LogP contribution >= 0.6 is 0 Å². The Kier molecular flexibility index (Phi) is 7.91. The quantitative estimate of drug-likeness (QED) is 0.316. The monoisotopic (exact) mass is 537 g/mol. The number of methoxy groups -OCH3 is 1. The van der Waals surface area contributed by atoms with Crippen molar-refractivity contribution in [2.75, 3.05) is 38.6 Å². The number of hydrogen-bond acceptors (Lipinski definition) is 4. The number of hydrogen-bond donors (Lipinski definition) is 2. The van der Waals surface area contributed by atoms with Gasteiger partial charge in [-0.15, -0.1) is 0 Å². The summed E-state index contributed by atoms with van der Waals surface area (Å²) in [6.45, 7) is 9.66. The molecule has 3 aromatic rings. The van der Waals surface area contributed by atoms with E-state index >= 15 is 0 Å². The summed E-state index contributed by atoms with van der Waals surface area (Å²) in [6, 6.07) is 15.8. The predicted molar refractivity (Wildman–Crippen MR) is 143 cm³/mol. The summed E-state index contributed by atoms with van der Waals surface area (Å²) in [5, 5.41) is 6.04. The number of carbonyl (C=O) groups is 2. The molecule has 1 aromatic heterocycles. The Morgan fingerprint density at radius 3 is 2.49 bits per heavy atom. The fraction of sp³-hybridized carbons (Fsp3) is 0.286. The number of nitrogens with one attached hydrogen (secondary N) is 2. The molecule has 0 unspecified atom stereocenters. The third kappa shape index (κ3) is 5.59. The molecule has 1 aliphatic rings. The Labute approximate surface area is 212 Å². The van der Waals surface area contributed by atoms with E-state index in [9.17, 15) is 9.59 Å². The third-order valence-corrected chi connectivity index (χ3v) is 8.39. The first-order valence-corrected chi connectivity index (χ1v) is 13.6. The van der Waals surface area contributed by atoms with Gasteiger partial charge >= 0.3 is 206 Å². The summed E-state index contributed by atoms with van der Waals surface area (Å²) in [6.07, 6.45) is 1.94. The summed E-state index contributed by atoms with van der Waals surface area (Å²) >= 11 is 0.0185. The third-order valence-electron chi connectivity index (χ3n) is 6.30. The van der Waals surface area contributed by atoms with Crippen LogP contribution in [0, 0.1) is 6.92 Å². The van der Waals surface area contributed by atoms with Gasteiger partial charge in [-0.1, -0.05) is 0 Å². The number of rotatable bonds is 9. The van der Waals surface area contributed by atoms with Crippen LogP contribution in [0.3, 0.4) is 0 Å². The van der Waals surface area contributed by atoms with Crippen molar-refractivity contribution in [1.82, 2.24) is 10.2 Å². The Morgan fingerprint density at radius 2 is 1.80 bits per heavy atom. The average molecular weight is 537 g/mol. The molecule has 0 radical (unpaired) electrons. The molecule has 35 heavy (non-hydrogen) atoms. The molecule has 0 spiro atoms. The Balaban J connectivity index is 1.52. The van der Waals surface area contributed by atoms with Crippen molar-refractivity contribution in [3.05, 3.63) is 68.5 Å². The van der Waals surface area contributed by atoms with Crippen LogP contribution in [0.25, 0.3) is 22.8 Å². The van der Waals surface area contributed by atoms with E-state index in [1.165, 1.54) is 0 Å². The minimum absolute atomic E-state index is 0.0185. The summed E-state index contributed by atoms with van der Waals surface area (Å²) in [5.74, 6) is 0.657. The van der Waals surface area contributed by atoms with E-state index in [0.29, 0.717) is 12.1 Å². The number of ether oxygens (including phenoxy) is 1. The van der Waals surface area contributed by atoms with E-state index < -0.39 is 0 Å². The maximum absolute atomic E-state index is 12.8. The first kappa shape index (κ1) is 25.0. The SMILES string of the molecule is CCN(CC)CCNC(=O)c1cc(C=C2C(=O)Nc3cc(-c4ccc(OC)cc4)ccc32)[se]c1C. The molecule has 2 amide bonds. The molecule has 0 bridgehead atoms. The van der Waals surface area contributed by atoms with Crippen LogP contribution in [-0.4, -0.2) is 64.5 Å². The van der Waals surface area contributed by atoms with Crippen molar-refractivity contribution >= 4 is 43.7 Å². The molecule has 2 aromatic carbocycles. The zero-order chi connectivity index (χ0) is 24.9. The Morgan fingerprint density at radius 1 is 1.09 bits per heavy atom. The van der Waals surface area contributed by atoms with Crippen LogP contribution in [0.2, 0.25) is 0 Å². The number of anilines is 1. The molecule has 1 aliphatic heterocycles. The minimum atomic E-state index is -0.113. The molecule has 2 N–H and O–H groups in total. The maximum atomic E-state index is 12.8. The molecule has 7 heteroatoms. The number of amides is 2. The predicted octanol–water partition coefficient (Wildman–Crippen LogP) is 4.29. The topological polar surface area (TPSA) is 70.7 Å². The molecule has 0 aliphatic carbocycles. The van der Waals surface area contributed by atoms with Gasteiger partial charge in [0.2, 0.25) is 0 Å². The summed E-state index contributed by atoms with van der Waals surface area (Å²) in [7, 11) is 1.65. The summed E-state index contributed by atoms with van der Waals surface area (Å²) in [4.78, 5) is 27.8. The van der Waals surface area contributed by atoms with Crippen molar-refractivity contribution in [2.45, 2.75) is 20.8 Å². The zero-order valence-electron chi connectivity index (χ0n) is 20.6. The van der Waals surface area contributed by atoms with E-state index in [1.54, 1.807) is 7.11 Å². The van der Waals surface area contributed by atoms with Crippen LogP contribution in [0.1, 0.15) is 38.6 Å². The van der Waals surface area contributed by atoms with Gasteiger partial charge in [0.15, 0.2) is 0 Å². The Hall–Kier alpha value is -3.12. The van der Waals surface area contributed by atoms with Crippen LogP contribution < -0.4 is 15.4 Å². The normalized spacial score (nSPS) is 13.7. The van der Waals surface area contributed by atoms with Crippen LogP contribution in [0.15, 0.2) is 48.5 Å².